The van der Waals surface area contributed by atoms with E-state index in [2.05, 4.69) is 43.6 Å². The molecule has 2 spiro atoms. The third-order valence-corrected chi connectivity index (χ3v) is 11.5. The van der Waals surface area contributed by atoms with E-state index >= 15 is 0 Å². The molecule has 10 heteroatoms. The minimum atomic E-state index is -1.49. The maximum absolute atomic E-state index is 14.4. The van der Waals surface area contributed by atoms with E-state index in [4.69, 9.17) is 21.2 Å². The van der Waals surface area contributed by atoms with Gasteiger partial charge in [0.15, 0.2) is 0 Å². The number of amides is 2. The minimum absolute atomic E-state index is 0.350. The number of fused-ring (bicyclic) bond motifs is 11. The molecule has 0 aromatic heterocycles. The van der Waals surface area contributed by atoms with Crippen LogP contribution in [-0.4, -0.2) is 48.0 Å². The lowest BCUT2D eigenvalue weighted by molar-refractivity contribution is 0.0507. The van der Waals surface area contributed by atoms with Crippen LogP contribution in [0.1, 0.15) is 70.7 Å². The zero-order valence-corrected chi connectivity index (χ0v) is 29.6. The van der Waals surface area contributed by atoms with Gasteiger partial charge in [-0.25, -0.2) is 11.7 Å². The quantitative estimate of drug-likeness (QED) is 0.181. The number of hydrogen-bond acceptors (Lipinski definition) is 8. The van der Waals surface area contributed by atoms with Crippen molar-refractivity contribution in [2.24, 2.45) is 11.7 Å². The van der Waals surface area contributed by atoms with Gasteiger partial charge in [-0.1, -0.05) is 42.5 Å². The predicted octanol–water partition coefficient (Wildman–Crippen LogP) is 6.20. The van der Waals surface area contributed by atoms with Crippen LogP contribution in [0.4, 0.5) is 11.4 Å². The average Bonchev–Trinajstić information content (AvgIpc) is 3.52. The fourth-order valence-corrected chi connectivity index (χ4v) is 9.12. The molecule has 52 heavy (non-hydrogen) atoms. The maximum atomic E-state index is 14.4. The third kappa shape index (κ3) is 3.85. The van der Waals surface area contributed by atoms with Crippen molar-refractivity contribution in [1.29, 1.82) is 0 Å². The van der Waals surface area contributed by atoms with E-state index in [1.165, 1.54) is 10.0 Å². The van der Waals surface area contributed by atoms with Gasteiger partial charge in [-0.2, -0.15) is 0 Å². The third-order valence-electron chi connectivity index (χ3n) is 11.5. The Morgan fingerprint density at radius 3 is 1.77 bits per heavy atom. The molecule has 0 saturated carbocycles. The number of anilines is 2. The Labute approximate surface area is 302 Å². The standard InChI is InChI=1S/C42H40N6O4/c1-5-45(6-2)26-18-17-25-21-33-36(51-34(25)22-26)24-37-38(42(33)31-16-12-10-14-29(31)40(50)48(42)44)41(30-15-11-9-13-28(30)39(49)47(41)43)32-20-19-27(23-35(32)52-37)46(7-3)8-4/h9-24H,5-8,43-44H2,1-4H3. The Morgan fingerprint density at radius 1 is 0.615 bits per heavy atom. The molecule has 1 aliphatic carbocycles. The Hall–Kier alpha value is -5.84. The Kier molecular flexibility index (Phi) is 6.99. The number of ether oxygens (including phenoxy) is 2. The zero-order chi connectivity index (χ0) is 36.1. The molecule has 4 aliphatic heterocycles. The number of rotatable bonds is 6. The molecule has 2 amide bonds. The van der Waals surface area contributed by atoms with Crippen LogP contribution in [0.2, 0.25) is 0 Å². The number of carbonyl (C=O) groups is 2. The first-order valence-electron chi connectivity index (χ1n) is 18.0. The molecule has 4 aromatic carbocycles. The van der Waals surface area contributed by atoms with Crippen LogP contribution in [0.15, 0.2) is 114 Å². The number of hydrazine groups is 2. The van der Waals surface area contributed by atoms with Crippen LogP contribution in [-0.2, 0) is 11.1 Å². The second-order valence-electron chi connectivity index (χ2n) is 13.6. The molecular formula is C42H40N6O4. The molecule has 2 unspecified atom stereocenters. The highest BCUT2D eigenvalue weighted by atomic mass is 16.5. The normalized spacial score (nSPS) is 21.8. The molecule has 10 nitrogen and oxygen atoms in total. The summed E-state index contributed by atoms with van der Waals surface area (Å²) in [5.74, 6) is 15.7. The predicted molar refractivity (Wildman–Crippen MR) is 200 cm³/mol. The van der Waals surface area contributed by atoms with Crippen LogP contribution in [0.25, 0.3) is 6.08 Å². The molecule has 0 saturated heterocycles. The summed E-state index contributed by atoms with van der Waals surface area (Å²) in [6, 6.07) is 27.1. The van der Waals surface area contributed by atoms with Crippen molar-refractivity contribution in [3.8, 4) is 11.5 Å². The lowest BCUT2D eigenvalue weighted by atomic mass is 9.61. The van der Waals surface area contributed by atoms with Crippen LogP contribution >= 0.6 is 0 Å². The molecule has 0 fully saturated rings. The summed E-state index contributed by atoms with van der Waals surface area (Å²) >= 11 is 0. The Bertz CT molecular complexity index is 2320. The van der Waals surface area contributed by atoms with Gasteiger partial charge < -0.3 is 19.3 Å². The van der Waals surface area contributed by atoms with Gasteiger partial charge in [-0.3, -0.25) is 19.6 Å². The highest BCUT2D eigenvalue weighted by Gasteiger charge is 2.69. The van der Waals surface area contributed by atoms with Gasteiger partial charge in [0.2, 0.25) is 0 Å². The number of nitrogens with two attached hydrogens (primary N) is 2. The topological polar surface area (TPSA) is 118 Å². The smallest absolute Gasteiger partial charge is 0.269 e. The second kappa shape index (κ2) is 11.3. The monoisotopic (exact) mass is 692 g/mol. The molecule has 262 valence electrons. The molecule has 0 bridgehead atoms. The van der Waals surface area contributed by atoms with E-state index in [1.807, 2.05) is 78.9 Å². The zero-order valence-electron chi connectivity index (χ0n) is 29.6. The number of hydrogen-bond donors (Lipinski definition) is 2. The van der Waals surface area contributed by atoms with E-state index in [0.29, 0.717) is 62.0 Å². The summed E-state index contributed by atoms with van der Waals surface area (Å²) < 4.78 is 13.8. The Morgan fingerprint density at radius 2 is 1.15 bits per heavy atom. The summed E-state index contributed by atoms with van der Waals surface area (Å²) in [7, 11) is 0. The molecule has 4 N–H and O–H groups in total. The maximum Gasteiger partial charge on any atom is 0.269 e. The molecule has 9 rings (SSSR count). The first-order chi connectivity index (χ1) is 25.2. The van der Waals surface area contributed by atoms with Gasteiger partial charge in [0, 0.05) is 100 Å². The fourth-order valence-electron chi connectivity index (χ4n) is 9.12. The highest BCUT2D eigenvalue weighted by molar-refractivity contribution is 6.05. The van der Waals surface area contributed by atoms with E-state index in [1.54, 1.807) is 12.1 Å². The van der Waals surface area contributed by atoms with Crippen molar-refractivity contribution < 1.29 is 19.1 Å². The van der Waals surface area contributed by atoms with Crippen LogP contribution < -0.4 is 31.0 Å². The van der Waals surface area contributed by atoms with Crippen LogP contribution in [0, 0.1) is 0 Å². The lowest BCUT2D eigenvalue weighted by Crippen LogP contribution is -2.62. The van der Waals surface area contributed by atoms with Gasteiger partial charge in [0.25, 0.3) is 11.8 Å². The fraction of sp³-hybridized carbons (Fsp3) is 0.238. The van der Waals surface area contributed by atoms with Gasteiger partial charge in [-0.15, -0.1) is 0 Å². The summed E-state index contributed by atoms with van der Waals surface area (Å²) in [6.45, 7) is 11.8. The molecule has 4 heterocycles. The van der Waals surface area contributed by atoms with E-state index < -0.39 is 11.1 Å². The van der Waals surface area contributed by atoms with E-state index in [9.17, 15) is 9.59 Å². The average molecular weight is 693 g/mol. The van der Waals surface area contributed by atoms with E-state index in [-0.39, 0.29) is 11.8 Å². The Balaban J connectivity index is 1.40. The highest BCUT2D eigenvalue weighted by Crippen LogP contribution is 2.66. The first-order valence-corrected chi connectivity index (χ1v) is 18.0. The van der Waals surface area contributed by atoms with E-state index in [0.717, 1.165) is 43.1 Å². The van der Waals surface area contributed by atoms with Gasteiger partial charge >= 0.3 is 0 Å². The molecular weight excluding hydrogens is 652 g/mol. The molecule has 0 radical (unpaired) electrons. The van der Waals surface area contributed by atoms with Gasteiger partial charge in [0.1, 0.15) is 34.1 Å². The summed E-state index contributed by atoms with van der Waals surface area (Å²) in [4.78, 5) is 33.3. The van der Waals surface area contributed by atoms with Crippen molar-refractivity contribution in [1.82, 2.24) is 10.0 Å². The van der Waals surface area contributed by atoms with Gasteiger partial charge in [-0.05, 0) is 64.1 Å². The van der Waals surface area contributed by atoms with Gasteiger partial charge in [0.05, 0.1) is 0 Å². The van der Waals surface area contributed by atoms with Crippen molar-refractivity contribution in [3.05, 3.63) is 147 Å². The molecule has 5 aliphatic rings. The van der Waals surface area contributed by atoms with Crippen molar-refractivity contribution in [2.45, 2.75) is 38.8 Å². The van der Waals surface area contributed by atoms with Crippen LogP contribution in [0.5, 0.6) is 11.5 Å². The second-order valence-corrected chi connectivity index (χ2v) is 13.6. The lowest BCUT2D eigenvalue weighted by Gasteiger charge is -2.53. The number of allylic oxidation sites excluding steroid dienone is 1. The number of carbonyl (C=O) groups excluding carboxylic acids is 2. The largest absolute Gasteiger partial charge is 0.457 e. The first kappa shape index (κ1) is 32.1. The number of benzene rings is 4. The van der Waals surface area contributed by atoms with Crippen molar-refractivity contribution in [3.63, 3.8) is 0 Å². The van der Waals surface area contributed by atoms with Crippen molar-refractivity contribution in [2.75, 3.05) is 36.0 Å². The minimum Gasteiger partial charge on any atom is -0.457 e. The molecule has 4 aromatic rings. The molecule has 2 atom stereocenters. The number of nitrogens with zero attached hydrogens (tertiary/aromatic N) is 4. The van der Waals surface area contributed by atoms with Crippen molar-refractivity contribution >= 4 is 29.3 Å². The SMILES string of the molecule is CCN(CC)c1ccc2c(c1)OC1=CC3=C(C4(C1=C2)c1ccccc1C(=O)N4N)C1(c2ccc(N(CC)CC)cc2O3)c2ccccc2C(=O)N1N. The summed E-state index contributed by atoms with van der Waals surface area (Å²) in [6.07, 6.45) is 3.92. The summed E-state index contributed by atoms with van der Waals surface area (Å²) in [5, 5.41) is 2.59. The summed E-state index contributed by atoms with van der Waals surface area (Å²) in [5.41, 5.74) is 4.02. The van der Waals surface area contributed by atoms with Crippen LogP contribution in [0.3, 0.4) is 0 Å².